The molecule has 0 radical (unpaired) electrons. The van der Waals surface area contributed by atoms with E-state index >= 15 is 0 Å². The molecular formula is C22H25N3O5. The minimum Gasteiger partial charge on any atom is -0.481 e. The molecule has 0 saturated carbocycles. The van der Waals surface area contributed by atoms with Crippen LogP contribution in [0.5, 0.6) is 0 Å². The number of anilines is 1. The molecule has 8 heteroatoms. The number of H-pyrrole nitrogens is 1. The average molecular weight is 411 g/mol. The molecule has 2 heterocycles. The number of benzene rings is 1. The molecule has 2 aromatic rings. The maximum absolute atomic E-state index is 12.7. The Hall–Kier alpha value is -3.13. The van der Waals surface area contributed by atoms with Crippen LogP contribution < -0.4 is 5.32 Å². The van der Waals surface area contributed by atoms with E-state index in [1.165, 1.54) is 0 Å². The summed E-state index contributed by atoms with van der Waals surface area (Å²) in [6.45, 7) is 1.52. The molecule has 0 unspecified atom stereocenters. The van der Waals surface area contributed by atoms with Crippen molar-refractivity contribution in [2.24, 2.45) is 11.8 Å². The number of aliphatic carboxylic acids is 2. The van der Waals surface area contributed by atoms with Crippen molar-refractivity contribution in [1.82, 2.24) is 9.88 Å². The number of hydrogen-bond acceptors (Lipinski definition) is 4. The molecule has 1 aliphatic heterocycles. The predicted molar refractivity (Wildman–Crippen MR) is 111 cm³/mol. The first kappa shape index (κ1) is 20.2. The van der Waals surface area contributed by atoms with E-state index < -0.39 is 29.8 Å². The van der Waals surface area contributed by atoms with E-state index in [0.717, 1.165) is 36.8 Å². The van der Waals surface area contributed by atoms with Gasteiger partial charge in [-0.15, -0.1) is 0 Å². The van der Waals surface area contributed by atoms with Crippen molar-refractivity contribution < 1.29 is 24.6 Å². The molecule has 1 amide bonds. The number of likely N-dealkylation sites (tertiary alicyclic amines) is 1. The Bertz CT molecular complexity index is 1010. The van der Waals surface area contributed by atoms with Gasteiger partial charge in [0.1, 0.15) is 6.04 Å². The van der Waals surface area contributed by atoms with Crippen LogP contribution >= 0.6 is 0 Å². The summed E-state index contributed by atoms with van der Waals surface area (Å²) in [6, 6.07) is 4.59. The number of nitrogens with one attached hydrogen (secondary N) is 2. The van der Waals surface area contributed by atoms with Gasteiger partial charge in [-0.05, 0) is 50.9 Å². The number of carbonyl (C=O) groups excluding carboxylic acids is 1. The zero-order valence-electron chi connectivity index (χ0n) is 16.5. The summed E-state index contributed by atoms with van der Waals surface area (Å²) in [5.74, 6) is -3.51. The molecule has 1 aliphatic carbocycles. The second-order valence-electron chi connectivity index (χ2n) is 7.97. The van der Waals surface area contributed by atoms with E-state index in [1.807, 2.05) is 11.0 Å². The molecule has 2 aliphatic rings. The molecule has 1 saturated heterocycles. The normalized spacial score (nSPS) is 22.8. The maximum Gasteiger partial charge on any atom is 0.325 e. The number of hydrogen-bond donors (Lipinski definition) is 4. The largest absolute Gasteiger partial charge is 0.481 e. The molecule has 3 atom stereocenters. The second-order valence-corrected chi connectivity index (χ2v) is 7.97. The minimum atomic E-state index is -0.967. The molecule has 1 fully saturated rings. The number of carbonyl (C=O) groups is 3. The van der Waals surface area contributed by atoms with Crippen molar-refractivity contribution in [2.45, 2.75) is 31.7 Å². The Balaban J connectivity index is 1.56. The standard InChI is InChI=1S/C22H25N3O5/c26-20(15-5-1-2-6-16(15)21(27)28)24-13-7-8-14-17(12-23-18(14)11-13)19(22(29)30)25-9-3-4-10-25/h1-2,7-8,11-12,15-16,19,23H,3-6,9-10H2,(H,24,26)(H,27,28)(H,29,30)/t15-,16+,19-/m0/s1. The molecular weight excluding hydrogens is 386 g/mol. The number of fused-ring (bicyclic) bond motifs is 1. The van der Waals surface area contributed by atoms with Crippen molar-refractivity contribution in [3.8, 4) is 0 Å². The van der Waals surface area contributed by atoms with Gasteiger partial charge in [0.25, 0.3) is 0 Å². The van der Waals surface area contributed by atoms with Gasteiger partial charge in [0.05, 0.1) is 11.8 Å². The number of amides is 1. The Labute approximate surface area is 173 Å². The summed E-state index contributed by atoms with van der Waals surface area (Å²) in [5.41, 5.74) is 1.99. The molecule has 1 aromatic heterocycles. The highest BCUT2D eigenvalue weighted by Crippen LogP contribution is 2.33. The zero-order chi connectivity index (χ0) is 21.3. The monoisotopic (exact) mass is 411 g/mol. The first-order valence-corrected chi connectivity index (χ1v) is 10.2. The topological polar surface area (TPSA) is 123 Å². The van der Waals surface area contributed by atoms with Gasteiger partial charge in [-0.25, -0.2) is 0 Å². The highest BCUT2D eigenvalue weighted by Gasteiger charge is 2.34. The molecule has 8 nitrogen and oxygen atoms in total. The van der Waals surface area contributed by atoms with Crippen LogP contribution in [0.4, 0.5) is 5.69 Å². The Morgan fingerprint density at radius 2 is 1.77 bits per heavy atom. The van der Waals surface area contributed by atoms with Crippen LogP contribution in [-0.4, -0.2) is 51.0 Å². The first-order chi connectivity index (χ1) is 14.5. The molecule has 158 valence electrons. The minimum absolute atomic E-state index is 0.321. The van der Waals surface area contributed by atoms with E-state index in [9.17, 15) is 24.6 Å². The molecule has 4 rings (SSSR count). The van der Waals surface area contributed by atoms with E-state index in [4.69, 9.17) is 0 Å². The third kappa shape index (κ3) is 3.82. The lowest BCUT2D eigenvalue weighted by Gasteiger charge is -2.24. The average Bonchev–Trinajstić information content (AvgIpc) is 3.38. The smallest absolute Gasteiger partial charge is 0.325 e. The van der Waals surface area contributed by atoms with Gasteiger partial charge in [-0.1, -0.05) is 18.2 Å². The van der Waals surface area contributed by atoms with Crippen LogP contribution in [0.1, 0.15) is 37.3 Å². The van der Waals surface area contributed by atoms with Crippen molar-refractivity contribution in [3.63, 3.8) is 0 Å². The summed E-state index contributed by atoms with van der Waals surface area (Å²) < 4.78 is 0. The van der Waals surface area contributed by atoms with Crippen molar-refractivity contribution in [1.29, 1.82) is 0 Å². The van der Waals surface area contributed by atoms with E-state index in [2.05, 4.69) is 10.3 Å². The Kier molecular flexibility index (Phi) is 5.59. The number of aromatic nitrogens is 1. The lowest BCUT2D eigenvalue weighted by atomic mass is 9.82. The number of nitrogens with zero attached hydrogens (tertiary/aromatic N) is 1. The molecule has 30 heavy (non-hydrogen) atoms. The van der Waals surface area contributed by atoms with Crippen LogP contribution in [0.3, 0.4) is 0 Å². The quantitative estimate of drug-likeness (QED) is 0.542. The van der Waals surface area contributed by atoms with Crippen molar-refractivity contribution in [2.75, 3.05) is 18.4 Å². The van der Waals surface area contributed by atoms with Gasteiger partial charge in [0.15, 0.2) is 0 Å². The summed E-state index contributed by atoms with van der Waals surface area (Å²) in [7, 11) is 0. The number of allylic oxidation sites excluding steroid dienone is 2. The molecule has 0 spiro atoms. The predicted octanol–water partition coefficient (Wildman–Crippen LogP) is 2.99. The maximum atomic E-state index is 12.7. The third-order valence-corrected chi connectivity index (χ3v) is 6.10. The van der Waals surface area contributed by atoms with Crippen molar-refractivity contribution in [3.05, 3.63) is 42.1 Å². The van der Waals surface area contributed by atoms with Crippen LogP contribution in [0.15, 0.2) is 36.5 Å². The highest BCUT2D eigenvalue weighted by molar-refractivity contribution is 5.98. The molecule has 0 bridgehead atoms. The third-order valence-electron chi connectivity index (χ3n) is 6.10. The first-order valence-electron chi connectivity index (χ1n) is 10.2. The van der Waals surface area contributed by atoms with Crippen LogP contribution in [0.2, 0.25) is 0 Å². The fourth-order valence-electron chi connectivity index (χ4n) is 4.55. The summed E-state index contributed by atoms with van der Waals surface area (Å²) >= 11 is 0. The number of carboxylic acid groups (broad SMARTS) is 2. The fourth-order valence-corrected chi connectivity index (χ4v) is 4.55. The van der Waals surface area contributed by atoms with Gasteiger partial charge in [-0.2, -0.15) is 0 Å². The zero-order valence-corrected chi connectivity index (χ0v) is 16.5. The Morgan fingerprint density at radius 1 is 1.07 bits per heavy atom. The van der Waals surface area contributed by atoms with Gasteiger partial charge in [0.2, 0.25) is 5.91 Å². The summed E-state index contributed by atoms with van der Waals surface area (Å²) in [5, 5.41) is 22.8. The van der Waals surface area contributed by atoms with Crippen LogP contribution in [0.25, 0.3) is 10.9 Å². The van der Waals surface area contributed by atoms with E-state index in [1.54, 1.807) is 30.5 Å². The van der Waals surface area contributed by atoms with Crippen LogP contribution in [0, 0.1) is 11.8 Å². The van der Waals surface area contributed by atoms with Gasteiger partial charge in [0, 0.05) is 28.4 Å². The van der Waals surface area contributed by atoms with Gasteiger partial charge >= 0.3 is 11.9 Å². The van der Waals surface area contributed by atoms with Gasteiger partial charge in [-0.3, -0.25) is 19.3 Å². The fraction of sp³-hybridized carbons (Fsp3) is 0.409. The lowest BCUT2D eigenvalue weighted by molar-refractivity contribution is -0.146. The number of rotatable bonds is 6. The lowest BCUT2D eigenvalue weighted by Crippen LogP contribution is -2.34. The molecule has 4 N–H and O–H groups in total. The van der Waals surface area contributed by atoms with E-state index in [0.29, 0.717) is 24.1 Å². The second kappa shape index (κ2) is 8.31. The highest BCUT2D eigenvalue weighted by atomic mass is 16.4. The van der Waals surface area contributed by atoms with Crippen molar-refractivity contribution >= 4 is 34.4 Å². The molecule has 1 aromatic carbocycles. The number of carboxylic acids is 2. The summed E-state index contributed by atoms with van der Waals surface area (Å²) in [6.07, 6.45) is 8.10. The van der Waals surface area contributed by atoms with Crippen LogP contribution in [-0.2, 0) is 14.4 Å². The summed E-state index contributed by atoms with van der Waals surface area (Å²) in [4.78, 5) is 41.2. The van der Waals surface area contributed by atoms with E-state index in [-0.39, 0.29) is 5.91 Å². The Morgan fingerprint density at radius 3 is 2.43 bits per heavy atom. The number of aromatic amines is 1. The van der Waals surface area contributed by atoms with Gasteiger partial charge < -0.3 is 20.5 Å². The SMILES string of the molecule is O=C(Nc1ccc2c([C@@H](C(=O)O)N3CCCC3)c[nH]c2c1)[C@H]1CC=CC[C@H]1C(=O)O.